The molecule has 4 nitrogen and oxygen atoms in total. The van der Waals surface area contributed by atoms with Crippen molar-refractivity contribution in [1.29, 1.82) is 0 Å². The molecule has 0 radical (unpaired) electrons. The Morgan fingerprint density at radius 1 is 1.33 bits per heavy atom. The molecule has 0 saturated carbocycles. The zero-order valence-corrected chi connectivity index (χ0v) is 13.4. The molecule has 116 valence electrons. The number of carboxylic acid groups (broad SMARTS) is 1. The molecular weight excluding hydrogens is 290 g/mol. The van der Waals surface area contributed by atoms with E-state index in [4.69, 9.17) is 16.7 Å². The van der Waals surface area contributed by atoms with Crippen LogP contribution in [0, 0.1) is 18.8 Å². The topological polar surface area (TPSA) is 66.4 Å². The summed E-state index contributed by atoms with van der Waals surface area (Å²) < 4.78 is 0. The van der Waals surface area contributed by atoms with Crippen molar-refractivity contribution in [2.24, 2.45) is 11.8 Å². The predicted molar refractivity (Wildman–Crippen MR) is 83.7 cm³/mol. The second-order valence-corrected chi connectivity index (χ2v) is 6.12. The predicted octanol–water partition coefficient (Wildman–Crippen LogP) is 3.52. The summed E-state index contributed by atoms with van der Waals surface area (Å²) in [5.74, 6) is -0.796. The Morgan fingerprint density at radius 2 is 2.00 bits per heavy atom. The molecule has 0 aliphatic carbocycles. The first kappa shape index (κ1) is 17.5. The fraction of sp³-hybridized carbons (Fsp3) is 0.500. The van der Waals surface area contributed by atoms with Crippen LogP contribution >= 0.6 is 11.6 Å². The van der Waals surface area contributed by atoms with E-state index in [-0.39, 0.29) is 18.2 Å². The Balaban J connectivity index is 2.68. The van der Waals surface area contributed by atoms with Gasteiger partial charge in [0, 0.05) is 13.0 Å². The number of nitrogens with one attached hydrogen (secondary N) is 1. The minimum absolute atomic E-state index is 0.0556. The molecule has 0 aliphatic heterocycles. The Morgan fingerprint density at radius 3 is 2.57 bits per heavy atom. The van der Waals surface area contributed by atoms with E-state index in [1.807, 2.05) is 26.8 Å². The lowest BCUT2D eigenvalue weighted by Crippen LogP contribution is -2.31. The van der Waals surface area contributed by atoms with Crippen LogP contribution in [0.4, 0.5) is 0 Å². The van der Waals surface area contributed by atoms with Gasteiger partial charge in [-0.2, -0.15) is 0 Å². The number of carbonyl (C=O) groups excluding carboxylic acids is 1. The first-order chi connectivity index (χ1) is 9.81. The van der Waals surface area contributed by atoms with E-state index >= 15 is 0 Å². The second kappa shape index (κ2) is 8.03. The highest BCUT2D eigenvalue weighted by Gasteiger charge is 2.17. The van der Waals surface area contributed by atoms with E-state index in [9.17, 15) is 9.59 Å². The van der Waals surface area contributed by atoms with E-state index in [2.05, 4.69) is 5.32 Å². The van der Waals surface area contributed by atoms with Crippen molar-refractivity contribution in [3.8, 4) is 0 Å². The van der Waals surface area contributed by atoms with Crippen molar-refractivity contribution in [2.45, 2.75) is 33.6 Å². The van der Waals surface area contributed by atoms with Crippen LogP contribution in [0.3, 0.4) is 0 Å². The van der Waals surface area contributed by atoms with Crippen LogP contribution in [0.15, 0.2) is 18.2 Å². The quantitative estimate of drug-likeness (QED) is 0.809. The molecule has 1 aromatic carbocycles. The molecule has 0 aromatic heterocycles. The summed E-state index contributed by atoms with van der Waals surface area (Å²) >= 11 is 6.12. The summed E-state index contributed by atoms with van der Waals surface area (Å²) in [7, 11) is 0. The maximum atomic E-state index is 12.2. The number of benzene rings is 1. The van der Waals surface area contributed by atoms with E-state index in [1.165, 1.54) is 0 Å². The molecule has 0 heterocycles. The third-order valence-electron chi connectivity index (χ3n) is 3.26. The Kier molecular flexibility index (Phi) is 6.69. The molecule has 1 aromatic rings. The number of hydrogen-bond donors (Lipinski definition) is 2. The highest BCUT2D eigenvalue weighted by atomic mass is 35.5. The minimum Gasteiger partial charge on any atom is -0.481 e. The van der Waals surface area contributed by atoms with Gasteiger partial charge in [0.2, 0.25) is 0 Å². The highest BCUT2D eigenvalue weighted by Crippen LogP contribution is 2.20. The van der Waals surface area contributed by atoms with Gasteiger partial charge < -0.3 is 10.4 Å². The van der Waals surface area contributed by atoms with Crippen molar-refractivity contribution in [3.05, 3.63) is 34.3 Å². The zero-order valence-electron chi connectivity index (χ0n) is 12.6. The maximum absolute atomic E-state index is 12.2. The van der Waals surface area contributed by atoms with Crippen LogP contribution in [-0.4, -0.2) is 23.5 Å². The van der Waals surface area contributed by atoms with Gasteiger partial charge >= 0.3 is 5.97 Å². The number of rotatable bonds is 7. The summed E-state index contributed by atoms with van der Waals surface area (Å²) in [5, 5.41) is 12.2. The number of hydrogen-bond acceptors (Lipinski definition) is 2. The van der Waals surface area contributed by atoms with Crippen LogP contribution in [0.5, 0.6) is 0 Å². The molecule has 1 atom stereocenters. The van der Waals surface area contributed by atoms with Crippen LogP contribution in [0.1, 0.15) is 42.6 Å². The Hall–Kier alpha value is -1.55. The van der Waals surface area contributed by atoms with Gasteiger partial charge in [-0.3, -0.25) is 9.59 Å². The van der Waals surface area contributed by atoms with Gasteiger partial charge in [0.05, 0.1) is 10.6 Å². The molecule has 1 amide bonds. The first-order valence-corrected chi connectivity index (χ1v) is 7.44. The lowest BCUT2D eigenvalue weighted by molar-refractivity contribution is -0.138. The highest BCUT2D eigenvalue weighted by molar-refractivity contribution is 6.34. The fourth-order valence-corrected chi connectivity index (χ4v) is 2.52. The molecule has 2 N–H and O–H groups in total. The number of carboxylic acids is 1. The summed E-state index contributed by atoms with van der Waals surface area (Å²) in [5.41, 5.74) is 1.27. The van der Waals surface area contributed by atoms with Gasteiger partial charge in [-0.1, -0.05) is 37.6 Å². The lowest BCUT2D eigenvalue weighted by atomic mass is 9.94. The standard InChI is InChI=1S/C16H22ClNO3/c1-10(2)7-12(8-14(19)20)9-18-16(21)13-6-4-5-11(3)15(13)17/h4-6,10,12H,7-9H2,1-3H3,(H,18,21)(H,19,20)/t12-/m0/s1. The summed E-state index contributed by atoms with van der Waals surface area (Å²) in [6.07, 6.45) is 0.814. The van der Waals surface area contributed by atoms with Crippen molar-refractivity contribution < 1.29 is 14.7 Å². The Labute approximate surface area is 130 Å². The summed E-state index contributed by atoms with van der Waals surface area (Å²) in [4.78, 5) is 23.0. The molecule has 0 bridgehead atoms. The van der Waals surface area contributed by atoms with Crippen molar-refractivity contribution in [3.63, 3.8) is 0 Å². The van der Waals surface area contributed by atoms with Gasteiger partial charge in [0.15, 0.2) is 0 Å². The van der Waals surface area contributed by atoms with E-state index in [1.54, 1.807) is 12.1 Å². The summed E-state index contributed by atoms with van der Waals surface area (Å²) in [6.45, 7) is 6.25. The Bertz CT molecular complexity index is 514. The van der Waals surface area contributed by atoms with E-state index in [0.29, 0.717) is 23.0 Å². The SMILES string of the molecule is Cc1cccc(C(=O)NC[C@H](CC(=O)O)CC(C)C)c1Cl. The molecular formula is C16H22ClNO3. The molecule has 1 rings (SSSR count). The van der Waals surface area contributed by atoms with E-state index in [0.717, 1.165) is 12.0 Å². The second-order valence-electron chi connectivity index (χ2n) is 5.74. The van der Waals surface area contributed by atoms with Crippen LogP contribution in [0.25, 0.3) is 0 Å². The number of carbonyl (C=O) groups is 2. The third kappa shape index (κ3) is 5.76. The largest absolute Gasteiger partial charge is 0.481 e. The smallest absolute Gasteiger partial charge is 0.303 e. The average Bonchev–Trinajstić information content (AvgIpc) is 2.37. The normalized spacial score (nSPS) is 12.2. The monoisotopic (exact) mass is 311 g/mol. The molecule has 5 heteroatoms. The summed E-state index contributed by atoms with van der Waals surface area (Å²) in [6, 6.07) is 5.28. The van der Waals surface area contributed by atoms with Gasteiger partial charge in [-0.15, -0.1) is 0 Å². The van der Waals surface area contributed by atoms with Crippen LogP contribution in [-0.2, 0) is 4.79 Å². The molecule has 0 fully saturated rings. The zero-order chi connectivity index (χ0) is 16.0. The molecule has 21 heavy (non-hydrogen) atoms. The van der Waals surface area contributed by atoms with Gasteiger partial charge in [0.1, 0.15) is 0 Å². The lowest BCUT2D eigenvalue weighted by Gasteiger charge is -2.18. The fourth-order valence-electron chi connectivity index (χ4n) is 2.31. The molecule has 0 saturated heterocycles. The molecule has 0 aliphatic rings. The number of aliphatic carboxylic acids is 1. The van der Waals surface area contributed by atoms with Crippen LogP contribution in [0.2, 0.25) is 5.02 Å². The maximum Gasteiger partial charge on any atom is 0.303 e. The van der Waals surface area contributed by atoms with Crippen LogP contribution < -0.4 is 5.32 Å². The van der Waals surface area contributed by atoms with Gasteiger partial charge in [0.25, 0.3) is 5.91 Å². The number of halogens is 1. The van der Waals surface area contributed by atoms with E-state index < -0.39 is 5.97 Å². The first-order valence-electron chi connectivity index (χ1n) is 7.06. The average molecular weight is 312 g/mol. The molecule has 0 unspecified atom stereocenters. The number of aryl methyl sites for hydroxylation is 1. The molecule has 0 spiro atoms. The third-order valence-corrected chi connectivity index (χ3v) is 3.76. The van der Waals surface area contributed by atoms with Gasteiger partial charge in [-0.25, -0.2) is 0 Å². The van der Waals surface area contributed by atoms with Crippen molar-refractivity contribution in [2.75, 3.05) is 6.54 Å². The minimum atomic E-state index is -0.844. The number of amides is 1. The van der Waals surface area contributed by atoms with Crippen molar-refractivity contribution in [1.82, 2.24) is 5.32 Å². The van der Waals surface area contributed by atoms with Gasteiger partial charge in [-0.05, 0) is 36.8 Å². The van der Waals surface area contributed by atoms with Crippen molar-refractivity contribution >= 4 is 23.5 Å².